The Morgan fingerprint density at radius 1 is 1.12 bits per heavy atom. The van der Waals surface area contributed by atoms with E-state index in [1.54, 1.807) is 24.3 Å². The van der Waals surface area contributed by atoms with Crippen molar-refractivity contribution in [2.24, 2.45) is 0 Å². The molecule has 0 aliphatic heterocycles. The van der Waals surface area contributed by atoms with Gasteiger partial charge in [-0.15, -0.1) is 0 Å². The molecule has 86 valence electrons. The van der Waals surface area contributed by atoms with E-state index in [-0.39, 0.29) is 11.6 Å². The van der Waals surface area contributed by atoms with Crippen LogP contribution >= 0.6 is 0 Å². The first-order valence-electron chi connectivity index (χ1n) is 5.25. The summed E-state index contributed by atoms with van der Waals surface area (Å²) in [5.74, 6) is -0.478. The molecule has 0 heterocycles. The van der Waals surface area contributed by atoms with Crippen LogP contribution < -0.4 is 5.73 Å². The fourth-order valence-electron chi connectivity index (χ4n) is 1.69. The molecule has 0 spiro atoms. The molecule has 2 N–H and O–H groups in total. The smallest absolute Gasteiger partial charge is 0.159 e. The van der Waals surface area contributed by atoms with E-state index in [9.17, 15) is 9.18 Å². The van der Waals surface area contributed by atoms with Crippen molar-refractivity contribution in [2.45, 2.75) is 6.92 Å². The lowest BCUT2D eigenvalue weighted by Gasteiger charge is -2.08. The average molecular weight is 229 g/mol. The van der Waals surface area contributed by atoms with Crippen molar-refractivity contribution in [3.05, 3.63) is 53.8 Å². The van der Waals surface area contributed by atoms with Crippen LogP contribution in [0.2, 0.25) is 0 Å². The van der Waals surface area contributed by atoms with Crippen LogP contribution in [0.15, 0.2) is 42.5 Å². The van der Waals surface area contributed by atoms with Crippen LogP contribution in [0.4, 0.5) is 10.1 Å². The van der Waals surface area contributed by atoms with Gasteiger partial charge in [0.05, 0.1) is 0 Å². The number of halogens is 1. The van der Waals surface area contributed by atoms with Gasteiger partial charge in [0.25, 0.3) is 0 Å². The van der Waals surface area contributed by atoms with Gasteiger partial charge in [-0.2, -0.15) is 0 Å². The van der Waals surface area contributed by atoms with Crippen LogP contribution in [0, 0.1) is 5.82 Å². The van der Waals surface area contributed by atoms with Crippen molar-refractivity contribution >= 4 is 11.5 Å². The van der Waals surface area contributed by atoms with E-state index in [1.807, 2.05) is 0 Å². The van der Waals surface area contributed by atoms with Crippen molar-refractivity contribution in [3.63, 3.8) is 0 Å². The number of hydrogen-bond donors (Lipinski definition) is 1. The molecule has 0 saturated heterocycles. The molecule has 0 bridgehead atoms. The van der Waals surface area contributed by atoms with Gasteiger partial charge in [-0.3, -0.25) is 4.79 Å². The molecule has 0 aromatic heterocycles. The number of Topliss-reactive ketones (excluding diaryl/α,β-unsaturated/α-hetero) is 1. The number of para-hydroxylation sites is 1. The number of nitrogens with two attached hydrogens (primary N) is 1. The van der Waals surface area contributed by atoms with Crippen molar-refractivity contribution in [1.29, 1.82) is 0 Å². The van der Waals surface area contributed by atoms with Gasteiger partial charge in [-0.25, -0.2) is 4.39 Å². The molecule has 0 unspecified atom stereocenters. The Labute approximate surface area is 98.9 Å². The Hall–Kier alpha value is -2.16. The largest absolute Gasteiger partial charge is 0.398 e. The topological polar surface area (TPSA) is 43.1 Å². The summed E-state index contributed by atoms with van der Waals surface area (Å²) in [6.07, 6.45) is 0. The molecule has 0 fully saturated rings. The van der Waals surface area contributed by atoms with Crippen molar-refractivity contribution < 1.29 is 9.18 Å². The Balaban J connectivity index is 2.63. The minimum absolute atomic E-state index is 0.0965. The van der Waals surface area contributed by atoms with Gasteiger partial charge < -0.3 is 5.73 Å². The average Bonchev–Trinajstić information content (AvgIpc) is 2.30. The summed E-state index contributed by atoms with van der Waals surface area (Å²) in [5, 5.41) is 0. The monoisotopic (exact) mass is 229 g/mol. The lowest BCUT2D eigenvalue weighted by atomic mass is 10.00. The maximum absolute atomic E-state index is 13.7. The highest BCUT2D eigenvalue weighted by molar-refractivity contribution is 5.95. The maximum atomic E-state index is 13.7. The molecule has 0 amide bonds. The van der Waals surface area contributed by atoms with Crippen LogP contribution in [-0.4, -0.2) is 5.78 Å². The predicted molar refractivity (Wildman–Crippen MR) is 66.3 cm³/mol. The first-order chi connectivity index (χ1) is 8.09. The number of carbonyl (C=O) groups excluding carboxylic acids is 1. The standard InChI is InChI=1S/C14H12FNO/c1-9(17)10-6-7-13(15)12(8-10)11-4-2-3-5-14(11)16/h2-8H,16H2,1H3. The Morgan fingerprint density at radius 2 is 1.82 bits per heavy atom. The number of benzene rings is 2. The first-order valence-corrected chi connectivity index (χ1v) is 5.25. The molecule has 3 heteroatoms. The van der Waals surface area contributed by atoms with E-state index in [4.69, 9.17) is 5.73 Å². The van der Waals surface area contributed by atoms with Gasteiger partial charge in [0.2, 0.25) is 0 Å². The lowest BCUT2D eigenvalue weighted by molar-refractivity contribution is 0.101. The SMILES string of the molecule is CC(=O)c1ccc(F)c(-c2ccccc2N)c1. The highest BCUT2D eigenvalue weighted by Gasteiger charge is 2.10. The number of carbonyl (C=O) groups is 1. The summed E-state index contributed by atoms with van der Waals surface area (Å²) >= 11 is 0. The molecular weight excluding hydrogens is 217 g/mol. The van der Waals surface area contributed by atoms with Crippen molar-refractivity contribution in [1.82, 2.24) is 0 Å². The highest BCUT2D eigenvalue weighted by atomic mass is 19.1. The second-order valence-corrected chi connectivity index (χ2v) is 3.84. The van der Waals surface area contributed by atoms with Crippen LogP contribution in [0.5, 0.6) is 0 Å². The Morgan fingerprint density at radius 3 is 2.47 bits per heavy atom. The number of anilines is 1. The van der Waals surface area contributed by atoms with Crippen LogP contribution in [0.1, 0.15) is 17.3 Å². The number of hydrogen-bond acceptors (Lipinski definition) is 2. The lowest BCUT2D eigenvalue weighted by Crippen LogP contribution is -1.96. The van der Waals surface area contributed by atoms with E-state index in [0.717, 1.165) is 0 Å². The second-order valence-electron chi connectivity index (χ2n) is 3.84. The first kappa shape index (κ1) is 11.3. The van der Waals surface area contributed by atoms with E-state index >= 15 is 0 Å². The Kier molecular flexibility index (Phi) is 2.91. The summed E-state index contributed by atoms with van der Waals surface area (Å²) in [6, 6.07) is 11.3. The van der Waals surface area contributed by atoms with E-state index in [0.29, 0.717) is 22.4 Å². The molecule has 0 saturated carbocycles. The molecule has 0 aliphatic rings. The zero-order valence-electron chi connectivity index (χ0n) is 9.41. The normalized spacial score (nSPS) is 10.2. The van der Waals surface area contributed by atoms with Gasteiger partial charge in [-0.05, 0) is 31.2 Å². The highest BCUT2D eigenvalue weighted by Crippen LogP contribution is 2.28. The molecule has 0 atom stereocenters. The molecule has 2 aromatic carbocycles. The molecule has 0 aliphatic carbocycles. The zero-order valence-corrected chi connectivity index (χ0v) is 9.41. The summed E-state index contributed by atoms with van der Waals surface area (Å²) in [7, 11) is 0. The van der Waals surface area contributed by atoms with Crippen LogP contribution in [0.25, 0.3) is 11.1 Å². The summed E-state index contributed by atoms with van der Waals surface area (Å²) in [5.41, 5.74) is 7.73. The minimum atomic E-state index is -0.382. The van der Waals surface area contributed by atoms with Gasteiger partial charge >= 0.3 is 0 Å². The van der Waals surface area contributed by atoms with Crippen LogP contribution in [-0.2, 0) is 0 Å². The van der Waals surface area contributed by atoms with E-state index in [2.05, 4.69) is 0 Å². The predicted octanol–water partition coefficient (Wildman–Crippen LogP) is 3.28. The number of nitrogen functional groups attached to an aromatic ring is 1. The molecule has 2 nitrogen and oxygen atoms in total. The van der Waals surface area contributed by atoms with Crippen LogP contribution in [0.3, 0.4) is 0 Å². The molecule has 17 heavy (non-hydrogen) atoms. The summed E-state index contributed by atoms with van der Waals surface area (Å²) < 4.78 is 13.7. The second kappa shape index (κ2) is 4.37. The van der Waals surface area contributed by atoms with E-state index in [1.165, 1.54) is 25.1 Å². The quantitative estimate of drug-likeness (QED) is 0.634. The fraction of sp³-hybridized carbons (Fsp3) is 0.0714. The third-order valence-corrected chi connectivity index (χ3v) is 2.62. The van der Waals surface area contributed by atoms with Gasteiger partial charge in [0.15, 0.2) is 5.78 Å². The fourth-order valence-corrected chi connectivity index (χ4v) is 1.69. The molecule has 2 aromatic rings. The number of ketones is 1. The minimum Gasteiger partial charge on any atom is -0.398 e. The zero-order chi connectivity index (χ0) is 12.4. The van der Waals surface area contributed by atoms with Gasteiger partial charge in [-0.1, -0.05) is 18.2 Å². The molecule has 0 radical (unpaired) electrons. The molecular formula is C14H12FNO. The third kappa shape index (κ3) is 2.18. The van der Waals surface area contributed by atoms with Gasteiger partial charge in [0.1, 0.15) is 5.82 Å². The maximum Gasteiger partial charge on any atom is 0.159 e. The van der Waals surface area contributed by atoms with Crippen molar-refractivity contribution in [3.8, 4) is 11.1 Å². The third-order valence-electron chi connectivity index (χ3n) is 2.62. The van der Waals surface area contributed by atoms with Gasteiger partial charge in [0, 0.05) is 22.4 Å². The summed E-state index contributed by atoms with van der Waals surface area (Å²) in [4.78, 5) is 11.3. The van der Waals surface area contributed by atoms with Crippen molar-refractivity contribution in [2.75, 3.05) is 5.73 Å². The number of rotatable bonds is 2. The summed E-state index contributed by atoms with van der Waals surface area (Å²) in [6.45, 7) is 1.45. The Bertz CT molecular complexity index is 578. The van der Waals surface area contributed by atoms with E-state index < -0.39 is 0 Å². The molecule has 2 rings (SSSR count).